The zero-order valence-electron chi connectivity index (χ0n) is 8.49. The van der Waals surface area contributed by atoms with Crippen molar-refractivity contribution in [3.8, 4) is 0 Å². The fourth-order valence-corrected chi connectivity index (χ4v) is 2.09. The summed E-state index contributed by atoms with van der Waals surface area (Å²) >= 11 is 9.15. The highest BCUT2D eigenvalue weighted by Gasteiger charge is 2.22. The molecule has 0 N–H and O–H groups in total. The normalized spacial score (nSPS) is 12.4. The van der Waals surface area contributed by atoms with Crippen LogP contribution in [-0.4, -0.2) is 5.78 Å². The van der Waals surface area contributed by atoms with Gasteiger partial charge in [0.05, 0.1) is 11.8 Å². The van der Waals surface area contributed by atoms with Gasteiger partial charge in [-0.3, -0.25) is 4.79 Å². The predicted molar refractivity (Wildman–Crippen MR) is 65.7 cm³/mol. The van der Waals surface area contributed by atoms with Crippen LogP contribution >= 0.6 is 27.5 Å². The quantitative estimate of drug-likeness (QED) is 0.622. The van der Waals surface area contributed by atoms with Gasteiger partial charge in [0.2, 0.25) is 0 Å². The van der Waals surface area contributed by atoms with Gasteiger partial charge in [0, 0.05) is 0 Å². The van der Waals surface area contributed by atoms with Crippen molar-refractivity contribution >= 4 is 33.3 Å². The third-order valence-electron chi connectivity index (χ3n) is 2.28. The maximum Gasteiger partial charge on any atom is 0.189 e. The van der Waals surface area contributed by atoms with Crippen molar-refractivity contribution in [3.63, 3.8) is 0 Å². The molecule has 0 bridgehead atoms. The van der Waals surface area contributed by atoms with Gasteiger partial charge in [-0.05, 0) is 39.7 Å². The Morgan fingerprint density at radius 2 is 1.94 bits per heavy atom. The van der Waals surface area contributed by atoms with E-state index >= 15 is 0 Å². The van der Waals surface area contributed by atoms with E-state index in [0.717, 1.165) is 0 Å². The highest BCUT2D eigenvalue weighted by Crippen LogP contribution is 2.29. The average Bonchev–Trinajstić information content (AvgIpc) is 2.74. The summed E-state index contributed by atoms with van der Waals surface area (Å²) < 4.78 is 18.0. The highest BCUT2D eigenvalue weighted by atomic mass is 79.9. The van der Waals surface area contributed by atoms with Crippen LogP contribution in [0, 0.1) is 5.82 Å². The molecular weight excluding hydrogens is 310 g/mol. The van der Waals surface area contributed by atoms with Crippen LogP contribution in [0.1, 0.15) is 21.3 Å². The lowest BCUT2D eigenvalue weighted by molar-refractivity contribution is 0.0985. The summed E-state index contributed by atoms with van der Waals surface area (Å²) in [5.74, 6) is -0.659. The molecule has 0 saturated heterocycles. The monoisotopic (exact) mass is 316 g/mol. The molecule has 1 heterocycles. The van der Waals surface area contributed by atoms with Gasteiger partial charge in [-0.15, -0.1) is 11.6 Å². The minimum absolute atomic E-state index is 0.293. The van der Waals surface area contributed by atoms with Crippen molar-refractivity contribution in [1.29, 1.82) is 0 Å². The third kappa shape index (κ3) is 2.58. The second-order valence-electron chi connectivity index (χ2n) is 3.39. The molecule has 0 aliphatic carbocycles. The molecule has 2 rings (SSSR count). The van der Waals surface area contributed by atoms with Crippen molar-refractivity contribution < 1.29 is 13.6 Å². The molecule has 0 spiro atoms. The number of furan rings is 1. The number of carbonyl (C=O) groups excluding carboxylic acids is 1. The molecule has 0 fully saturated rings. The number of hydrogen-bond donors (Lipinski definition) is 0. The molecule has 1 atom stereocenters. The number of carbonyl (C=O) groups is 1. The van der Waals surface area contributed by atoms with E-state index in [0.29, 0.717) is 15.8 Å². The largest absolute Gasteiger partial charge is 0.457 e. The van der Waals surface area contributed by atoms with Crippen LogP contribution in [0.4, 0.5) is 4.39 Å². The van der Waals surface area contributed by atoms with E-state index in [-0.39, 0.29) is 11.6 Å². The van der Waals surface area contributed by atoms with Crippen molar-refractivity contribution in [1.82, 2.24) is 0 Å². The van der Waals surface area contributed by atoms with Crippen molar-refractivity contribution in [2.24, 2.45) is 0 Å². The van der Waals surface area contributed by atoms with Crippen molar-refractivity contribution in [2.45, 2.75) is 5.38 Å². The van der Waals surface area contributed by atoms with Crippen LogP contribution in [0.2, 0.25) is 0 Å². The zero-order chi connectivity index (χ0) is 12.4. The van der Waals surface area contributed by atoms with Gasteiger partial charge in [0.15, 0.2) is 10.5 Å². The Kier molecular flexibility index (Phi) is 3.64. The summed E-state index contributed by atoms with van der Waals surface area (Å²) in [6.07, 6.45) is 1.39. The van der Waals surface area contributed by atoms with Gasteiger partial charge in [-0.25, -0.2) is 4.39 Å². The number of alkyl halides is 1. The molecule has 5 heteroatoms. The lowest BCUT2D eigenvalue weighted by Gasteiger charge is -2.07. The first-order valence-corrected chi connectivity index (χ1v) is 5.99. The molecule has 0 radical (unpaired) electrons. The summed E-state index contributed by atoms with van der Waals surface area (Å²) in [5, 5.41) is -0.857. The molecule has 1 aromatic heterocycles. The molecule has 2 aromatic rings. The van der Waals surface area contributed by atoms with Gasteiger partial charge in [0.25, 0.3) is 0 Å². The topological polar surface area (TPSA) is 30.2 Å². The van der Waals surface area contributed by atoms with E-state index in [1.165, 1.54) is 36.6 Å². The minimum atomic E-state index is -0.857. The van der Waals surface area contributed by atoms with Gasteiger partial charge in [-0.1, -0.05) is 12.1 Å². The Labute approximate surface area is 111 Å². The molecular formula is C12H7BrClFO2. The molecule has 0 saturated carbocycles. The van der Waals surface area contributed by atoms with Crippen molar-refractivity contribution in [2.75, 3.05) is 0 Å². The molecule has 2 nitrogen and oxygen atoms in total. The number of Topliss-reactive ketones (excluding diaryl/α,β-unsaturated/α-hetero) is 1. The van der Waals surface area contributed by atoms with Gasteiger partial charge >= 0.3 is 0 Å². The first-order valence-electron chi connectivity index (χ1n) is 4.76. The molecule has 17 heavy (non-hydrogen) atoms. The summed E-state index contributed by atoms with van der Waals surface area (Å²) in [6, 6.07) is 7.04. The number of ketones is 1. The Morgan fingerprint density at radius 1 is 1.29 bits per heavy atom. The number of rotatable bonds is 3. The summed E-state index contributed by atoms with van der Waals surface area (Å²) in [6.45, 7) is 0. The molecule has 0 aliphatic rings. The van der Waals surface area contributed by atoms with Gasteiger partial charge < -0.3 is 4.42 Å². The van der Waals surface area contributed by atoms with Crippen molar-refractivity contribution in [3.05, 3.63) is 58.2 Å². The number of hydrogen-bond acceptors (Lipinski definition) is 2. The van der Waals surface area contributed by atoms with E-state index < -0.39 is 5.38 Å². The second kappa shape index (κ2) is 5.02. The maximum absolute atomic E-state index is 12.7. The Hall–Kier alpha value is -1.13. The predicted octanol–water partition coefficient (Wildman–Crippen LogP) is 4.34. The van der Waals surface area contributed by atoms with E-state index in [4.69, 9.17) is 16.0 Å². The number of halogens is 3. The third-order valence-corrected chi connectivity index (χ3v) is 3.34. The van der Waals surface area contributed by atoms with Gasteiger partial charge in [-0.2, -0.15) is 0 Å². The highest BCUT2D eigenvalue weighted by molar-refractivity contribution is 9.10. The summed E-state index contributed by atoms with van der Waals surface area (Å²) in [4.78, 5) is 12.0. The smallest absolute Gasteiger partial charge is 0.189 e. The van der Waals surface area contributed by atoms with Gasteiger partial charge in [0.1, 0.15) is 11.2 Å². The summed E-state index contributed by atoms with van der Waals surface area (Å²) in [5.41, 5.74) is 0.917. The Balaban J connectivity index is 2.26. The lowest BCUT2D eigenvalue weighted by atomic mass is 10.0. The van der Waals surface area contributed by atoms with Crippen LogP contribution in [0.3, 0.4) is 0 Å². The van der Waals surface area contributed by atoms with Crippen LogP contribution in [0.25, 0.3) is 0 Å². The standard InChI is InChI=1S/C12H7BrClFO2/c13-12-9(5-6-17-12)11(16)10(14)7-1-3-8(15)4-2-7/h1-6,10H. The fourth-order valence-electron chi connectivity index (χ4n) is 1.39. The zero-order valence-corrected chi connectivity index (χ0v) is 10.8. The summed E-state index contributed by atoms with van der Waals surface area (Å²) in [7, 11) is 0. The molecule has 1 aromatic carbocycles. The van der Waals surface area contributed by atoms with E-state index in [9.17, 15) is 9.18 Å². The lowest BCUT2D eigenvalue weighted by Crippen LogP contribution is -2.07. The SMILES string of the molecule is O=C(c1ccoc1Br)C(Cl)c1ccc(F)cc1. The molecule has 1 unspecified atom stereocenters. The Bertz CT molecular complexity index is 536. The van der Waals surface area contributed by atoms with E-state index in [1.807, 2.05) is 0 Å². The number of benzene rings is 1. The first-order chi connectivity index (χ1) is 8.09. The first kappa shape index (κ1) is 12.3. The Morgan fingerprint density at radius 3 is 2.47 bits per heavy atom. The van der Waals surface area contributed by atoms with Crippen LogP contribution in [-0.2, 0) is 0 Å². The minimum Gasteiger partial charge on any atom is -0.457 e. The fraction of sp³-hybridized carbons (Fsp3) is 0.0833. The molecule has 0 aliphatic heterocycles. The maximum atomic E-state index is 12.7. The molecule has 88 valence electrons. The van der Waals surface area contributed by atoms with Crippen LogP contribution in [0.5, 0.6) is 0 Å². The van der Waals surface area contributed by atoms with E-state index in [2.05, 4.69) is 15.9 Å². The van der Waals surface area contributed by atoms with Crippen LogP contribution in [0.15, 0.2) is 45.7 Å². The average molecular weight is 318 g/mol. The van der Waals surface area contributed by atoms with E-state index in [1.54, 1.807) is 0 Å². The molecule has 0 amide bonds. The second-order valence-corrected chi connectivity index (χ2v) is 4.54. The van der Waals surface area contributed by atoms with Crippen LogP contribution < -0.4 is 0 Å².